The molecule has 1 aliphatic rings. The lowest BCUT2D eigenvalue weighted by molar-refractivity contribution is -0.131. The van der Waals surface area contributed by atoms with Crippen molar-refractivity contribution in [3.8, 4) is 0 Å². The molecule has 2 aromatic rings. The first kappa shape index (κ1) is 19.4. The van der Waals surface area contributed by atoms with Crippen molar-refractivity contribution in [3.05, 3.63) is 64.7 Å². The molecule has 0 spiro atoms. The van der Waals surface area contributed by atoms with Crippen LogP contribution < -0.4 is 5.32 Å². The normalized spacial score (nSPS) is 13.0. The maximum absolute atomic E-state index is 12.4. The van der Waals surface area contributed by atoms with Crippen molar-refractivity contribution in [2.75, 3.05) is 25.1 Å². The zero-order chi connectivity index (χ0) is 20.1. The van der Waals surface area contributed by atoms with Crippen LogP contribution in [0.15, 0.2) is 48.5 Å². The van der Waals surface area contributed by atoms with Crippen LogP contribution in [0.25, 0.3) is 0 Å². The Kier molecular flexibility index (Phi) is 5.90. The largest absolute Gasteiger partial charge is 0.452 e. The zero-order valence-electron chi connectivity index (χ0n) is 14.5. The number of anilines is 1. The van der Waals surface area contributed by atoms with Crippen molar-refractivity contribution in [2.45, 2.75) is 0 Å². The van der Waals surface area contributed by atoms with E-state index in [2.05, 4.69) is 10.1 Å². The molecular formula is C19H15ClN2O6. The van der Waals surface area contributed by atoms with Crippen LogP contribution in [0.3, 0.4) is 0 Å². The van der Waals surface area contributed by atoms with Crippen molar-refractivity contribution in [1.82, 2.24) is 4.90 Å². The maximum Gasteiger partial charge on any atom is 0.416 e. The number of imide groups is 1. The number of carbonyl (C=O) groups excluding carboxylic acids is 4. The van der Waals surface area contributed by atoms with E-state index >= 15 is 0 Å². The molecule has 28 heavy (non-hydrogen) atoms. The lowest BCUT2D eigenvalue weighted by atomic mass is 10.1. The molecule has 144 valence electrons. The first-order valence-electron chi connectivity index (χ1n) is 8.26. The van der Waals surface area contributed by atoms with Crippen LogP contribution in [0.5, 0.6) is 0 Å². The number of hydrogen-bond acceptors (Lipinski definition) is 6. The molecule has 0 radical (unpaired) electrons. The Bertz CT molecular complexity index is 928. The highest BCUT2D eigenvalue weighted by Crippen LogP contribution is 2.18. The minimum Gasteiger partial charge on any atom is -0.452 e. The molecule has 2 aromatic carbocycles. The number of halogens is 1. The third-order valence-corrected chi connectivity index (χ3v) is 4.14. The van der Waals surface area contributed by atoms with Gasteiger partial charge in [0.1, 0.15) is 6.61 Å². The summed E-state index contributed by atoms with van der Waals surface area (Å²) in [5, 5.41) is 3.12. The summed E-state index contributed by atoms with van der Waals surface area (Å²) < 4.78 is 9.65. The quantitative estimate of drug-likeness (QED) is 0.771. The molecule has 1 saturated heterocycles. The highest BCUT2D eigenvalue weighted by atomic mass is 35.5. The average molecular weight is 403 g/mol. The van der Waals surface area contributed by atoms with Crippen LogP contribution in [0.1, 0.15) is 20.7 Å². The van der Waals surface area contributed by atoms with E-state index in [0.717, 1.165) is 4.90 Å². The average Bonchev–Trinajstić information content (AvgIpc) is 3.12. The zero-order valence-corrected chi connectivity index (χ0v) is 15.3. The third kappa shape index (κ3) is 4.47. The summed E-state index contributed by atoms with van der Waals surface area (Å²) in [6.07, 6.45) is -0.767. The molecule has 0 aliphatic carbocycles. The van der Waals surface area contributed by atoms with E-state index in [1.54, 1.807) is 36.4 Å². The van der Waals surface area contributed by atoms with Crippen molar-refractivity contribution in [3.63, 3.8) is 0 Å². The van der Waals surface area contributed by atoms with E-state index in [-0.39, 0.29) is 24.4 Å². The SMILES string of the molecule is O=C(Nc1ccccc1C(=O)OCC(=O)N1CCOC1=O)c1ccc(Cl)cc1. The Balaban J connectivity index is 1.66. The molecule has 1 aliphatic heterocycles. The number of para-hydroxylation sites is 1. The van der Waals surface area contributed by atoms with Gasteiger partial charge in [0.2, 0.25) is 0 Å². The van der Waals surface area contributed by atoms with E-state index in [1.807, 2.05) is 0 Å². The first-order chi connectivity index (χ1) is 13.5. The number of cyclic esters (lactones) is 1. The molecule has 0 aromatic heterocycles. The second kappa shape index (κ2) is 8.53. The fraction of sp³-hybridized carbons (Fsp3) is 0.158. The molecule has 1 fully saturated rings. The van der Waals surface area contributed by atoms with Crippen molar-refractivity contribution >= 4 is 41.2 Å². The number of hydrogen-bond donors (Lipinski definition) is 1. The molecule has 1 heterocycles. The van der Waals surface area contributed by atoms with Gasteiger partial charge in [-0.2, -0.15) is 0 Å². The minimum absolute atomic E-state index is 0.0709. The van der Waals surface area contributed by atoms with Gasteiger partial charge in [-0.05, 0) is 36.4 Å². The molecule has 0 atom stereocenters. The van der Waals surface area contributed by atoms with Crippen molar-refractivity contribution < 1.29 is 28.7 Å². The Hall–Kier alpha value is -3.39. The minimum atomic E-state index is -0.812. The number of nitrogens with one attached hydrogen (secondary N) is 1. The molecule has 9 heteroatoms. The molecule has 8 nitrogen and oxygen atoms in total. The summed E-state index contributed by atoms with van der Waals surface area (Å²) in [5.41, 5.74) is 0.650. The lowest BCUT2D eigenvalue weighted by Gasteiger charge is -2.13. The van der Waals surface area contributed by atoms with Gasteiger partial charge in [0.05, 0.1) is 17.8 Å². The fourth-order valence-corrected chi connectivity index (χ4v) is 2.59. The molecule has 3 rings (SSSR count). The Morgan fingerprint density at radius 3 is 2.50 bits per heavy atom. The highest BCUT2D eigenvalue weighted by Gasteiger charge is 2.29. The topological polar surface area (TPSA) is 102 Å². The van der Waals surface area contributed by atoms with E-state index in [9.17, 15) is 19.2 Å². The van der Waals surface area contributed by atoms with Gasteiger partial charge in [-0.1, -0.05) is 23.7 Å². The number of benzene rings is 2. The predicted molar refractivity (Wildman–Crippen MR) is 99.2 cm³/mol. The predicted octanol–water partition coefficient (Wildman–Crippen LogP) is 2.73. The van der Waals surface area contributed by atoms with E-state index in [4.69, 9.17) is 16.3 Å². The summed E-state index contributed by atoms with van der Waals surface area (Å²) in [6, 6.07) is 12.5. The summed E-state index contributed by atoms with van der Waals surface area (Å²) >= 11 is 5.81. The van der Waals surface area contributed by atoms with Gasteiger partial charge in [-0.25, -0.2) is 14.5 Å². The summed E-state index contributed by atoms with van der Waals surface area (Å²) in [6.45, 7) is -0.394. The van der Waals surface area contributed by atoms with Crippen molar-refractivity contribution in [1.29, 1.82) is 0 Å². The van der Waals surface area contributed by atoms with E-state index in [1.165, 1.54) is 12.1 Å². The molecule has 1 N–H and O–H groups in total. The van der Waals surface area contributed by atoms with Crippen LogP contribution in [0.2, 0.25) is 5.02 Å². The van der Waals surface area contributed by atoms with Crippen LogP contribution in [0, 0.1) is 0 Å². The highest BCUT2D eigenvalue weighted by molar-refractivity contribution is 6.30. The van der Waals surface area contributed by atoms with Gasteiger partial charge >= 0.3 is 12.1 Å². The molecule has 0 unspecified atom stereocenters. The van der Waals surface area contributed by atoms with Gasteiger partial charge in [0.15, 0.2) is 6.61 Å². The van der Waals surface area contributed by atoms with Crippen LogP contribution in [0.4, 0.5) is 10.5 Å². The third-order valence-electron chi connectivity index (χ3n) is 3.89. The monoisotopic (exact) mass is 402 g/mol. The Morgan fingerprint density at radius 1 is 1.11 bits per heavy atom. The molecule has 0 bridgehead atoms. The number of amides is 3. The van der Waals surface area contributed by atoms with Gasteiger partial charge in [-0.15, -0.1) is 0 Å². The Morgan fingerprint density at radius 2 is 1.82 bits per heavy atom. The molecular weight excluding hydrogens is 388 g/mol. The van der Waals surface area contributed by atoms with E-state index < -0.39 is 30.5 Å². The maximum atomic E-state index is 12.4. The number of carbonyl (C=O) groups is 4. The van der Waals surface area contributed by atoms with Crippen LogP contribution >= 0.6 is 11.6 Å². The van der Waals surface area contributed by atoms with E-state index in [0.29, 0.717) is 10.6 Å². The van der Waals surface area contributed by atoms with Gasteiger partial charge in [-0.3, -0.25) is 9.59 Å². The fourth-order valence-electron chi connectivity index (χ4n) is 2.47. The second-order valence-electron chi connectivity index (χ2n) is 5.74. The van der Waals surface area contributed by atoms with Gasteiger partial charge in [0, 0.05) is 10.6 Å². The van der Waals surface area contributed by atoms with Crippen LogP contribution in [-0.2, 0) is 14.3 Å². The first-order valence-corrected chi connectivity index (χ1v) is 8.63. The Labute approximate surface area is 165 Å². The summed E-state index contributed by atoms with van der Waals surface area (Å²) in [4.78, 5) is 48.9. The second-order valence-corrected chi connectivity index (χ2v) is 6.18. The lowest BCUT2D eigenvalue weighted by Crippen LogP contribution is -2.35. The van der Waals surface area contributed by atoms with Crippen LogP contribution in [-0.4, -0.2) is 48.5 Å². The number of esters is 1. The number of ether oxygens (including phenoxy) is 2. The summed E-state index contributed by atoms with van der Waals surface area (Å²) in [5.74, 6) is -1.93. The molecule has 0 saturated carbocycles. The molecule has 3 amide bonds. The smallest absolute Gasteiger partial charge is 0.416 e. The van der Waals surface area contributed by atoms with Gasteiger partial charge in [0.25, 0.3) is 11.8 Å². The number of rotatable bonds is 5. The number of nitrogens with zero attached hydrogens (tertiary/aromatic N) is 1. The standard InChI is InChI=1S/C19H15ClN2O6/c20-13-7-5-12(6-8-13)17(24)21-15-4-2-1-3-14(15)18(25)28-11-16(23)22-9-10-27-19(22)26/h1-8H,9-11H2,(H,21,24). The van der Waals surface area contributed by atoms with Gasteiger partial charge < -0.3 is 14.8 Å². The summed E-state index contributed by atoms with van der Waals surface area (Å²) in [7, 11) is 0. The van der Waals surface area contributed by atoms with Crippen molar-refractivity contribution in [2.24, 2.45) is 0 Å².